The summed E-state index contributed by atoms with van der Waals surface area (Å²) in [5.41, 5.74) is 4.09. The Kier molecular flexibility index (Phi) is 7.38. The molecule has 0 radical (unpaired) electrons. The monoisotopic (exact) mass is 496 g/mol. The number of para-hydroxylation sites is 1. The quantitative estimate of drug-likeness (QED) is 0.230. The molecule has 0 bridgehead atoms. The Morgan fingerprint density at radius 1 is 1.00 bits per heavy atom. The van der Waals surface area contributed by atoms with Crippen LogP contribution in [0.5, 0.6) is 5.75 Å². The van der Waals surface area contributed by atoms with Gasteiger partial charge in [0.2, 0.25) is 5.91 Å². The fraction of sp³-hybridized carbons (Fsp3) is 0.207. The Bertz CT molecular complexity index is 1410. The molecule has 0 aliphatic rings. The number of imidazole rings is 1. The summed E-state index contributed by atoms with van der Waals surface area (Å²) in [5.74, 6) is 0.782. The van der Waals surface area contributed by atoms with Gasteiger partial charge in [0.15, 0.2) is 5.13 Å². The topological polar surface area (TPSA) is 60.2 Å². The highest BCUT2D eigenvalue weighted by molar-refractivity contribution is 7.22. The molecular formula is C29H28N4O2S. The summed E-state index contributed by atoms with van der Waals surface area (Å²) >= 11 is 1.53. The van der Waals surface area contributed by atoms with E-state index in [-0.39, 0.29) is 5.91 Å². The zero-order chi connectivity index (χ0) is 24.7. The van der Waals surface area contributed by atoms with E-state index < -0.39 is 0 Å². The average molecular weight is 497 g/mol. The maximum atomic E-state index is 13.6. The summed E-state index contributed by atoms with van der Waals surface area (Å²) < 4.78 is 8.81. The van der Waals surface area contributed by atoms with Crippen LogP contribution in [0.2, 0.25) is 0 Å². The van der Waals surface area contributed by atoms with Gasteiger partial charge in [-0.05, 0) is 42.2 Å². The Morgan fingerprint density at radius 2 is 1.81 bits per heavy atom. The highest BCUT2D eigenvalue weighted by atomic mass is 32.1. The lowest BCUT2D eigenvalue weighted by Gasteiger charge is -2.20. The van der Waals surface area contributed by atoms with Crippen LogP contribution < -0.4 is 9.64 Å². The molecule has 1 amide bonds. The highest BCUT2D eigenvalue weighted by Crippen LogP contribution is 2.34. The van der Waals surface area contributed by atoms with Crippen molar-refractivity contribution in [3.63, 3.8) is 0 Å². The standard InChI is InChI=1S/C29H28N4O2S/c1-2-35-25-10-6-11-26-28(25)31-29(36-26)33(18-7-17-32-19-16-30-21-32)27(34)20-22-12-14-24(15-13-22)23-8-4-3-5-9-23/h3-6,8-16,19,21H,2,7,17-18,20H2,1H3. The largest absolute Gasteiger partial charge is 0.492 e. The fourth-order valence-electron chi connectivity index (χ4n) is 4.17. The first-order chi connectivity index (χ1) is 17.7. The van der Waals surface area contributed by atoms with E-state index in [0.29, 0.717) is 24.7 Å². The first-order valence-corrected chi connectivity index (χ1v) is 13.0. The summed E-state index contributed by atoms with van der Waals surface area (Å²) in [6.07, 6.45) is 6.61. The molecule has 0 saturated heterocycles. The number of benzene rings is 3. The van der Waals surface area contributed by atoms with Gasteiger partial charge in [-0.1, -0.05) is 72.0 Å². The Balaban J connectivity index is 1.37. The minimum absolute atomic E-state index is 0.0325. The average Bonchev–Trinajstić information content (AvgIpc) is 3.58. The van der Waals surface area contributed by atoms with Gasteiger partial charge >= 0.3 is 0 Å². The molecule has 0 fully saturated rings. The molecule has 0 N–H and O–H groups in total. The van der Waals surface area contributed by atoms with Gasteiger partial charge in [-0.2, -0.15) is 0 Å². The fourth-order valence-corrected chi connectivity index (χ4v) is 5.20. The molecule has 2 aromatic heterocycles. The lowest BCUT2D eigenvalue weighted by Crippen LogP contribution is -2.33. The van der Waals surface area contributed by atoms with Crippen LogP contribution >= 0.6 is 11.3 Å². The lowest BCUT2D eigenvalue weighted by molar-refractivity contribution is -0.118. The van der Waals surface area contributed by atoms with Crippen LogP contribution in [0.1, 0.15) is 18.9 Å². The number of ether oxygens (including phenoxy) is 1. The Morgan fingerprint density at radius 3 is 2.56 bits per heavy atom. The van der Waals surface area contributed by atoms with E-state index in [1.54, 1.807) is 12.5 Å². The van der Waals surface area contributed by atoms with E-state index in [0.717, 1.165) is 45.6 Å². The molecule has 5 aromatic rings. The molecule has 0 aliphatic carbocycles. The zero-order valence-electron chi connectivity index (χ0n) is 20.2. The van der Waals surface area contributed by atoms with Gasteiger partial charge in [-0.15, -0.1) is 0 Å². The van der Waals surface area contributed by atoms with Crippen molar-refractivity contribution in [3.8, 4) is 16.9 Å². The van der Waals surface area contributed by atoms with E-state index in [1.165, 1.54) is 11.3 Å². The molecule has 6 nitrogen and oxygen atoms in total. The summed E-state index contributed by atoms with van der Waals surface area (Å²) in [4.78, 5) is 24.4. The first-order valence-electron chi connectivity index (χ1n) is 12.1. The number of carbonyl (C=O) groups excluding carboxylic acids is 1. The minimum Gasteiger partial charge on any atom is -0.492 e. The second-order valence-corrected chi connectivity index (χ2v) is 9.48. The molecule has 3 aromatic carbocycles. The van der Waals surface area contributed by atoms with Crippen molar-refractivity contribution in [1.82, 2.24) is 14.5 Å². The molecule has 0 spiro atoms. The zero-order valence-corrected chi connectivity index (χ0v) is 21.0. The summed E-state index contributed by atoms with van der Waals surface area (Å²) in [6, 6.07) is 24.4. The van der Waals surface area contributed by atoms with E-state index >= 15 is 0 Å². The maximum Gasteiger partial charge on any atom is 0.233 e. The van der Waals surface area contributed by atoms with Gasteiger partial charge in [-0.3, -0.25) is 9.69 Å². The van der Waals surface area contributed by atoms with Crippen LogP contribution in [0.4, 0.5) is 5.13 Å². The molecule has 182 valence electrons. The SMILES string of the molecule is CCOc1cccc2sc(N(CCCn3ccnc3)C(=O)Cc3ccc(-c4ccccc4)cc3)nc12. The smallest absolute Gasteiger partial charge is 0.233 e. The van der Waals surface area contributed by atoms with Gasteiger partial charge < -0.3 is 9.30 Å². The van der Waals surface area contributed by atoms with Crippen LogP contribution in [0, 0.1) is 0 Å². The number of aryl methyl sites for hydroxylation is 1. The van der Waals surface area contributed by atoms with Gasteiger partial charge in [0.25, 0.3) is 0 Å². The number of aromatic nitrogens is 3. The summed E-state index contributed by atoms with van der Waals surface area (Å²) in [6.45, 7) is 3.88. The Hall–Kier alpha value is -3.97. The third-order valence-corrected chi connectivity index (χ3v) is 7.02. The molecule has 0 unspecified atom stereocenters. The number of anilines is 1. The number of nitrogens with zero attached hydrogens (tertiary/aromatic N) is 4. The molecule has 0 aliphatic heterocycles. The molecule has 5 rings (SSSR count). The number of hydrogen-bond acceptors (Lipinski definition) is 5. The van der Waals surface area contributed by atoms with E-state index in [2.05, 4.69) is 29.2 Å². The van der Waals surface area contributed by atoms with Gasteiger partial charge in [0.05, 0.1) is 24.1 Å². The van der Waals surface area contributed by atoms with Crippen molar-refractivity contribution >= 4 is 32.6 Å². The second kappa shape index (κ2) is 11.2. The van der Waals surface area contributed by atoms with Crippen molar-refractivity contribution in [2.45, 2.75) is 26.3 Å². The predicted molar refractivity (Wildman–Crippen MR) is 146 cm³/mol. The van der Waals surface area contributed by atoms with Crippen LogP contribution in [-0.2, 0) is 17.8 Å². The van der Waals surface area contributed by atoms with Crippen LogP contribution in [0.3, 0.4) is 0 Å². The minimum atomic E-state index is 0.0325. The van der Waals surface area contributed by atoms with Crippen LogP contribution in [0.25, 0.3) is 21.3 Å². The number of fused-ring (bicyclic) bond motifs is 1. The number of thiazole rings is 1. The Labute approximate surface area is 214 Å². The number of hydrogen-bond donors (Lipinski definition) is 0. The second-order valence-electron chi connectivity index (χ2n) is 8.47. The van der Waals surface area contributed by atoms with E-state index in [4.69, 9.17) is 9.72 Å². The van der Waals surface area contributed by atoms with Crippen LogP contribution in [0.15, 0.2) is 91.5 Å². The molecule has 2 heterocycles. The number of rotatable bonds is 10. The third kappa shape index (κ3) is 5.47. The molecule has 7 heteroatoms. The van der Waals surface area contributed by atoms with E-state index in [1.807, 2.05) is 71.1 Å². The molecule has 36 heavy (non-hydrogen) atoms. The van der Waals surface area contributed by atoms with Gasteiger partial charge in [0.1, 0.15) is 11.3 Å². The van der Waals surface area contributed by atoms with Crippen LogP contribution in [-0.4, -0.2) is 33.6 Å². The number of amides is 1. The van der Waals surface area contributed by atoms with Gasteiger partial charge in [-0.25, -0.2) is 9.97 Å². The van der Waals surface area contributed by atoms with Crippen molar-refractivity contribution in [3.05, 3.63) is 97.1 Å². The van der Waals surface area contributed by atoms with E-state index in [9.17, 15) is 4.79 Å². The van der Waals surface area contributed by atoms with Crippen molar-refractivity contribution in [1.29, 1.82) is 0 Å². The predicted octanol–water partition coefficient (Wildman–Crippen LogP) is 6.22. The highest BCUT2D eigenvalue weighted by Gasteiger charge is 2.21. The third-order valence-electron chi connectivity index (χ3n) is 5.98. The molecule has 0 atom stereocenters. The molecule has 0 saturated carbocycles. The number of carbonyl (C=O) groups is 1. The molecular weight excluding hydrogens is 468 g/mol. The first kappa shape index (κ1) is 23.8. The lowest BCUT2D eigenvalue weighted by atomic mass is 10.0. The maximum absolute atomic E-state index is 13.6. The normalized spacial score (nSPS) is 11.0. The summed E-state index contributed by atoms with van der Waals surface area (Å²) in [7, 11) is 0. The van der Waals surface area contributed by atoms with Crippen molar-refractivity contribution in [2.24, 2.45) is 0 Å². The summed E-state index contributed by atoms with van der Waals surface area (Å²) in [5, 5.41) is 0.702. The van der Waals surface area contributed by atoms with Crippen molar-refractivity contribution < 1.29 is 9.53 Å². The van der Waals surface area contributed by atoms with Crippen molar-refractivity contribution in [2.75, 3.05) is 18.1 Å². The van der Waals surface area contributed by atoms with Gasteiger partial charge in [0, 0.05) is 25.5 Å².